The zero-order chi connectivity index (χ0) is 14.8. The van der Waals surface area contributed by atoms with Crippen molar-refractivity contribution >= 4 is 28.2 Å². The number of aliphatic hydroxyl groups excluding tert-OH is 1. The fourth-order valence-corrected chi connectivity index (χ4v) is 3.23. The summed E-state index contributed by atoms with van der Waals surface area (Å²) in [5.74, 6) is 0. The molecule has 2 aromatic rings. The fraction of sp³-hybridized carbons (Fsp3) is 0.312. The van der Waals surface area contributed by atoms with Gasteiger partial charge >= 0.3 is 0 Å². The first-order valence-electron chi connectivity index (χ1n) is 7.09. The quantitative estimate of drug-likeness (QED) is 0.599. The summed E-state index contributed by atoms with van der Waals surface area (Å²) in [7, 11) is 0. The van der Waals surface area contributed by atoms with Crippen molar-refractivity contribution in [2.75, 3.05) is 13.2 Å². The van der Waals surface area contributed by atoms with Gasteiger partial charge in [0.1, 0.15) is 0 Å². The van der Waals surface area contributed by atoms with Gasteiger partial charge in [-0.15, -0.1) is 6.58 Å². The van der Waals surface area contributed by atoms with Crippen LogP contribution in [0.25, 0.3) is 10.9 Å². The number of nitrogens with zero attached hydrogens (tertiary/aromatic N) is 1. The number of nitrogens with one attached hydrogen (secondary N) is 2. The molecule has 4 nitrogen and oxygen atoms in total. The minimum absolute atomic E-state index is 0.0153. The van der Waals surface area contributed by atoms with Gasteiger partial charge in [-0.05, 0) is 30.3 Å². The Morgan fingerprint density at radius 2 is 2.33 bits per heavy atom. The first kappa shape index (κ1) is 14.1. The Kier molecular flexibility index (Phi) is 3.94. The van der Waals surface area contributed by atoms with E-state index >= 15 is 0 Å². The summed E-state index contributed by atoms with van der Waals surface area (Å²) in [6.07, 6.45) is 2.57. The van der Waals surface area contributed by atoms with Crippen LogP contribution in [-0.4, -0.2) is 39.3 Å². The van der Waals surface area contributed by atoms with E-state index in [4.69, 9.17) is 12.2 Å². The third-order valence-electron chi connectivity index (χ3n) is 3.98. The number of fused-ring (bicyclic) bond motifs is 3. The van der Waals surface area contributed by atoms with Gasteiger partial charge in [-0.1, -0.05) is 24.3 Å². The number of H-pyrrole nitrogens is 1. The predicted octanol–water partition coefficient (Wildman–Crippen LogP) is 1.95. The van der Waals surface area contributed by atoms with Gasteiger partial charge in [0, 0.05) is 23.1 Å². The normalized spacial score (nSPS) is 17.6. The number of aromatic amines is 1. The maximum Gasteiger partial charge on any atom is 0.169 e. The Bertz CT molecular complexity index is 679. The molecule has 1 unspecified atom stereocenters. The van der Waals surface area contributed by atoms with E-state index in [0.717, 1.165) is 11.9 Å². The molecule has 0 aliphatic carbocycles. The Balaban J connectivity index is 1.92. The maximum atomic E-state index is 9.71. The molecule has 3 N–H and O–H groups in total. The van der Waals surface area contributed by atoms with Crippen LogP contribution in [0, 0.1) is 0 Å². The number of rotatable bonds is 3. The second-order valence-electron chi connectivity index (χ2n) is 5.27. The lowest BCUT2D eigenvalue weighted by molar-refractivity contribution is 0.164. The van der Waals surface area contributed by atoms with Crippen LogP contribution in [0.2, 0.25) is 0 Å². The van der Waals surface area contributed by atoms with Crippen molar-refractivity contribution in [3.63, 3.8) is 0 Å². The topological polar surface area (TPSA) is 51.3 Å². The number of para-hydroxylation sites is 1. The standard InChI is InChI=1S/C16H19N3OS/c1-2-7-17-16(21)19-9-15-13(8-11(19)10-20)12-5-3-4-6-14(12)18-15/h2-6,11,18,20H,1,7-10H2,(H,17,21). The molecular weight excluding hydrogens is 282 g/mol. The SMILES string of the molecule is C=CCNC(=S)N1Cc2[nH]c3ccccc3c2CC1CO. The maximum absolute atomic E-state index is 9.71. The summed E-state index contributed by atoms with van der Waals surface area (Å²) in [6.45, 7) is 5.10. The van der Waals surface area contributed by atoms with Gasteiger partial charge in [0.05, 0.1) is 19.2 Å². The molecule has 1 aromatic heterocycles. The monoisotopic (exact) mass is 301 g/mol. The third-order valence-corrected chi connectivity index (χ3v) is 4.36. The first-order valence-corrected chi connectivity index (χ1v) is 7.50. The number of thiocarbonyl (C=S) groups is 1. The Labute approximate surface area is 129 Å². The summed E-state index contributed by atoms with van der Waals surface area (Å²) < 4.78 is 0. The Morgan fingerprint density at radius 3 is 3.10 bits per heavy atom. The highest BCUT2D eigenvalue weighted by atomic mass is 32.1. The average molecular weight is 301 g/mol. The molecule has 1 aliphatic rings. The summed E-state index contributed by atoms with van der Waals surface area (Å²) in [4.78, 5) is 5.52. The number of aliphatic hydroxyl groups is 1. The van der Waals surface area contributed by atoms with E-state index < -0.39 is 0 Å². The zero-order valence-corrected chi connectivity index (χ0v) is 12.6. The smallest absolute Gasteiger partial charge is 0.169 e. The van der Waals surface area contributed by atoms with E-state index in [2.05, 4.69) is 33.9 Å². The van der Waals surface area contributed by atoms with E-state index in [1.807, 2.05) is 12.1 Å². The van der Waals surface area contributed by atoms with E-state index in [1.165, 1.54) is 16.6 Å². The zero-order valence-electron chi connectivity index (χ0n) is 11.8. The molecule has 1 aromatic carbocycles. The van der Waals surface area contributed by atoms with Crippen LogP contribution < -0.4 is 5.32 Å². The average Bonchev–Trinajstić information content (AvgIpc) is 2.88. The van der Waals surface area contributed by atoms with Crippen LogP contribution in [0.15, 0.2) is 36.9 Å². The molecular formula is C16H19N3OS. The highest BCUT2D eigenvalue weighted by molar-refractivity contribution is 7.80. The lowest BCUT2D eigenvalue weighted by atomic mass is 9.97. The summed E-state index contributed by atoms with van der Waals surface area (Å²) >= 11 is 5.43. The van der Waals surface area contributed by atoms with Crippen molar-refractivity contribution < 1.29 is 5.11 Å². The highest BCUT2D eigenvalue weighted by Gasteiger charge is 2.29. The first-order chi connectivity index (χ1) is 10.2. The van der Waals surface area contributed by atoms with Crippen LogP contribution >= 0.6 is 12.2 Å². The highest BCUT2D eigenvalue weighted by Crippen LogP contribution is 2.30. The Morgan fingerprint density at radius 1 is 1.52 bits per heavy atom. The molecule has 21 heavy (non-hydrogen) atoms. The number of benzene rings is 1. The predicted molar refractivity (Wildman–Crippen MR) is 89.2 cm³/mol. The van der Waals surface area contributed by atoms with Crippen LogP contribution in [-0.2, 0) is 13.0 Å². The van der Waals surface area contributed by atoms with Crippen molar-refractivity contribution in [1.29, 1.82) is 0 Å². The van der Waals surface area contributed by atoms with Crippen LogP contribution in [0.4, 0.5) is 0 Å². The molecule has 0 saturated heterocycles. The van der Waals surface area contributed by atoms with Gasteiger partial charge in [0.2, 0.25) is 0 Å². The van der Waals surface area contributed by atoms with Gasteiger partial charge < -0.3 is 20.3 Å². The van der Waals surface area contributed by atoms with Gasteiger partial charge in [-0.25, -0.2) is 0 Å². The molecule has 0 fully saturated rings. The minimum Gasteiger partial charge on any atom is -0.394 e. The van der Waals surface area contributed by atoms with Crippen molar-refractivity contribution in [3.05, 3.63) is 48.2 Å². The molecule has 3 rings (SSSR count). The summed E-state index contributed by atoms with van der Waals surface area (Å²) in [5.41, 5.74) is 3.63. The largest absolute Gasteiger partial charge is 0.394 e. The minimum atomic E-state index is 0.0153. The van der Waals surface area contributed by atoms with Crippen molar-refractivity contribution in [2.45, 2.75) is 19.0 Å². The van der Waals surface area contributed by atoms with Crippen molar-refractivity contribution in [3.8, 4) is 0 Å². The second-order valence-corrected chi connectivity index (χ2v) is 5.66. The molecule has 0 amide bonds. The molecule has 0 spiro atoms. The van der Waals surface area contributed by atoms with E-state index in [1.54, 1.807) is 6.08 Å². The molecule has 2 heterocycles. The Hall–Kier alpha value is -1.85. The molecule has 1 aliphatic heterocycles. The van der Waals surface area contributed by atoms with Crippen molar-refractivity contribution in [2.24, 2.45) is 0 Å². The van der Waals surface area contributed by atoms with Gasteiger partial charge in [0.15, 0.2) is 5.11 Å². The number of hydrogen-bond acceptors (Lipinski definition) is 2. The van der Waals surface area contributed by atoms with E-state index in [0.29, 0.717) is 18.2 Å². The molecule has 110 valence electrons. The lowest BCUT2D eigenvalue weighted by Crippen LogP contribution is -2.50. The van der Waals surface area contributed by atoms with E-state index in [9.17, 15) is 5.11 Å². The van der Waals surface area contributed by atoms with Crippen LogP contribution in [0.5, 0.6) is 0 Å². The molecule has 5 heteroatoms. The molecule has 0 radical (unpaired) electrons. The van der Waals surface area contributed by atoms with Gasteiger partial charge in [-0.2, -0.15) is 0 Å². The molecule has 0 bridgehead atoms. The molecule has 0 saturated carbocycles. The fourth-order valence-electron chi connectivity index (χ4n) is 2.93. The van der Waals surface area contributed by atoms with Gasteiger partial charge in [0.25, 0.3) is 0 Å². The van der Waals surface area contributed by atoms with Crippen LogP contribution in [0.1, 0.15) is 11.3 Å². The number of aromatic nitrogens is 1. The summed E-state index contributed by atoms with van der Waals surface area (Å²) in [6, 6.07) is 8.31. The van der Waals surface area contributed by atoms with Crippen LogP contribution in [0.3, 0.4) is 0 Å². The third kappa shape index (κ3) is 2.54. The van der Waals surface area contributed by atoms with Crippen molar-refractivity contribution in [1.82, 2.24) is 15.2 Å². The number of hydrogen-bond donors (Lipinski definition) is 3. The van der Waals surface area contributed by atoms with Gasteiger partial charge in [-0.3, -0.25) is 0 Å². The summed E-state index contributed by atoms with van der Waals surface area (Å²) in [5, 5.41) is 14.8. The molecule has 1 atom stereocenters. The lowest BCUT2D eigenvalue weighted by Gasteiger charge is -2.36. The second kappa shape index (κ2) is 5.87. The van der Waals surface area contributed by atoms with E-state index in [-0.39, 0.29) is 12.6 Å².